The van der Waals surface area contributed by atoms with Gasteiger partial charge in [0.15, 0.2) is 5.13 Å². The van der Waals surface area contributed by atoms with Gasteiger partial charge >= 0.3 is 0 Å². The minimum absolute atomic E-state index is 0.0262. The van der Waals surface area contributed by atoms with Crippen LogP contribution in [-0.4, -0.2) is 115 Å². The molecule has 0 aliphatic carbocycles. The number of amides is 5. The lowest BCUT2D eigenvalue weighted by Crippen LogP contribution is -2.57. The Morgan fingerprint density at radius 1 is 0.865 bits per heavy atom. The number of piperazine rings is 1. The molecule has 17 nitrogen and oxygen atoms in total. The van der Waals surface area contributed by atoms with Crippen molar-refractivity contribution in [1.82, 2.24) is 40.4 Å². The van der Waals surface area contributed by atoms with Crippen molar-refractivity contribution < 1.29 is 29.1 Å². The van der Waals surface area contributed by atoms with Crippen LogP contribution in [0.3, 0.4) is 0 Å². The molecular formula is C54H70ClN11O6S2. The standard InChI is InChI=1S/C54H70ClN11O6S2/c1-34-16-15-17-40(55)47(34)63-51(71)42-31-57-53(74-42)61-43-29-44(60-36(3)59-43)64-24-26-65(27-25-64)46(69)19-14-12-10-8-7-9-11-13-18-45(68)62-49(54(4,5)6)52(72)66-32-39(67)28-41(66)50(70)56-30-37-20-22-38(23-21-37)48-35(2)58-33-73-48/h15-17,20-23,29,31,33,39,41,49,67H,7-14,18-19,24-28,30,32H2,1-6H3,(H,56,70)(H,62,68)(H,63,71)(H,57,59,60,61)/t39-,41+,49-/m1/s1. The lowest BCUT2D eigenvalue weighted by Gasteiger charge is -2.35. The first-order chi connectivity index (χ1) is 35.4. The molecule has 0 bridgehead atoms. The van der Waals surface area contributed by atoms with Crippen molar-refractivity contribution >= 4 is 86.3 Å². The Kier molecular flexibility index (Phi) is 19.5. The summed E-state index contributed by atoms with van der Waals surface area (Å²) < 4.78 is 0. The molecule has 2 saturated heterocycles. The zero-order chi connectivity index (χ0) is 52.9. The third kappa shape index (κ3) is 15.3. The van der Waals surface area contributed by atoms with Crippen molar-refractivity contribution in [3.8, 4) is 10.4 Å². The molecule has 5 aromatic rings. The smallest absolute Gasteiger partial charge is 0.267 e. The highest BCUT2D eigenvalue weighted by atomic mass is 35.5. The number of rotatable bonds is 22. The number of nitrogens with one attached hydrogen (secondary N) is 4. The van der Waals surface area contributed by atoms with Gasteiger partial charge in [-0.1, -0.05) is 119 Å². The van der Waals surface area contributed by atoms with Gasteiger partial charge in [0.2, 0.25) is 23.6 Å². The van der Waals surface area contributed by atoms with Crippen molar-refractivity contribution in [2.24, 2.45) is 5.41 Å². The van der Waals surface area contributed by atoms with E-state index in [1.54, 1.807) is 17.4 Å². The maximum Gasteiger partial charge on any atom is 0.267 e. The number of thiazole rings is 2. The molecule has 0 unspecified atom stereocenters. The van der Waals surface area contributed by atoms with Gasteiger partial charge in [0.05, 0.1) is 39.1 Å². The fourth-order valence-corrected chi connectivity index (χ4v) is 11.1. The highest BCUT2D eigenvalue weighted by Gasteiger charge is 2.44. The second-order valence-corrected chi connectivity index (χ2v) is 22.6. The molecule has 2 aliphatic rings. The normalized spacial score (nSPS) is 16.2. The molecule has 7 rings (SSSR count). The van der Waals surface area contributed by atoms with Gasteiger partial charge in [0.1, 0.15) is 34.4 Å². The fourth-order valence-electron chi connectivity index (χ4n) is 9.27. The number of halogens is 1. The number of hydrogen-bond donors (Lipinski definition) is 5. The molecule has 396 valence electrons. The van der Waals surface area contributed by atoms with Crippen LogP contribution < -0.4 is 26.2 Å². The van der Waals surface area contributed by atoms with Crippen LogP contribution in [0.25, 0.3) is 10.4 Å². The minimum atomic E-state index is -0.859. The van der Waals surface area contributed by atoms with Crippen LogP contribution in [0, 0.1) is 26.2 Å². The molecule has 0 saturated carbocycles. The molecule has 2 aliphatic heterocycles. The van der Waals surface area contributed by atoms with E-state index < -0.39 is 23.6 Å². The number of β-amino-alcohol motifs (C(OH)–C–C–N with tert-alkyl or cyclic N) is 1. The SMILES string of the molecule is Cc1nc(Nc2ncc(C(=O)Nc3c(C)cccc3Cl)s2)cc(N2CCN(C(=O)CCCCCCCCCCC(=O)N[C@H](C(=O)N3C[C@H](O)C[C@H]3C(=O)NCc3ccc(-c4scnc4C)cc3)C(C)(C)C)CC2)n1. The molecule has 5 heterocycles. The van der Waals surface area contributed by atoms with E-state index in [1.807, 2.05) is 94.4 Å². The largest absolute Gasteiger partial charge is 0.391 e. The number of unbranched alkanes of at least 4 members (excludes halogenated alkanes) is 7. The first kappa shape index (κ1) is 55.7. The third-order valence-corrected chi connectivity index (χ3v) is 15.7. The summed E-state index contributed by atoms with van der Waals surface area (Å²) in [5, 5.41) is 23.6. The summed E-state index contributed by atoms with van der Waals surface area (Å²) in [5.74, 6) is 0.877. The van der Waals surface area contributed by atoms with Gasteiger partial charge in [-0.15, -0.1) is 11.3 Å². The highest BCUT2D eigenvalue weighted by molar-refractivity contribution is 7.17. The van der Waals surface area contributed by atoms with Crippen LogP contribution in [-0.2, 0) is 25.7 Å². The predicted octanol–water partition coefficient (Wildman–Crippen LogP) is 8.99. The number of aliphatic hydroxyl groups is 1. The molecule has 2 aromatic carbocycles. The quantitative estimate of drug-likeness (QED) is 0.0411. The zero-order valence-corrected chi connectivity index (χ0v) is 45.7. The molecule has 5 N–H and O–H groups in total. The third-order valence-electron chi connectivity index (χ3n) is 13.5. The Morgan fingerprint density at radius 2 is 1.55 bits per heavy atom. The lowest BCUT2D eigenvalue weighted by molar-refractivity contribution is -0.144. The average molecular weight is 1070 g/mol. The van der Waals surface area contributed by atoms with Crippen molar-refractivity contribution in [1.29, 1.82) is 0 Å². The second-order valence-electron chi connectivity index (χ2n) is 20.3. The second kappa shape index (κ2) is 26.0. The van der Waals surface area contributed by atoms with Gasteiger partial charge in [-0.2, -0.15) is 0 Å². The Labute approximate surface area is 447 Å². The van der Waals surface area contributed by atoms with E-state index in [0.717, 1.165) is 78.0 Å². The summed E-state index contributed by atoms with van der Waals surface area (Å²) in [6.07, 6.45) is 9.20. The first-order valence-electron chi connectivity index (χ1n) is 25.7. The van der Waals surface area contributed by atoms with E-state index in [2.05, 4.69) is 46.1 Å². The number of aryl methyl sites for hydroxylation is 3. The molecule has 20 heteroatoms. The van der Waals surface area contributed by atoms with Crippen LogP contribution >= 0.6 is 34.3 Å². The van der Waals surface area contributed by atoms with Crippen LogP contribution in [0.5, 0.6) is 0 Å². The zero-order valence-electron chi connectivity index (χ0n) is 43.3. The monoisotopic (exact) mass is 1070 g/mol. The number of carbonyl (C=O) groups is 5. The van der Waals surface area contributed by atoms with Gasteiger partial charge in [-0.05, 0) is 61.8 Å². The summed E-state index contributed by atoms with van der Waals surface area (Å²) in [7, 11) is 0. The molecule has 5 amide bonds. The first-order valence-corrected chi connectivity index (χ1v) is 27.7. The highest BCUT2D eigenvalue weighted by Crippen LogP contribution is 2.31. The van der Waals surface area contributed by atoms with E-state index in [4.69, 9.17) is 11.6 Å². The van der Waals surface area contributed by atoms with Crippen LogP contribution in [0.2, 0.25) is 5.02 Å². The van der Waals surface area contributed by atoms with Gasteiger partial charge in [0.25, 0.3) is 5.91 Å². The van der Waals surface area contributed by atoms with E-state index in [1.165, 1.54) is 22.4 Å². The number of nitrogens with zero attached hydrogens (tertiary/aromatic N) is 7. The Bertz CT molecular complexity index is 2720. The maximum atomic E-state index is 14.0. The number of hydrogen-bond acceptors (Lipinski definition) is 14. The number of likely N-dealkylation sites (tertiary alicyclic amines) is 1. The van der Waals surface area contributed by atoms with Gasteiger partial charge in [0, 0.05) is 64.6 Å². The summed E-state index contributed by atoms with van der Waals surface area (Å²) in [4.78, 5) is 91.8. The predicted molar refractivity (Wildman–Crippen MR) is 293 cm³/mol. The molecule has 74 heavy (non-hydrogen) atoms. The van der Waals surface area contributed by atoms with E-state index >= 15 is 0 Å². The molecular weight excluding hydrogens is 998 g/mol. The topological polar surface area (TPSA) is 215 Å². The summed E-state index contributed by atoms with van der Waals surface area (Å²) in [6, 6.07) is 13.5. The van der Waals surface area contributed by atoms with Crippen LogP contribution in [0.4, 0.5) is 22.5 Å². The average Bonchev–Trinajstić information content (AvgIpc) is 4.13. The van der Waals surface area contributed by atoms with E-state index in [0.29, 0.717) is 77.8 Å². The van der Waals surface area contributed by atoms with Crippen LogP contribution in [0.1, 0.15) is 124 Å². The van der Waals surface area contributed by atoms with Gasteiger partial charge < -0.3 is 41.1 Å². The number of aromatic nitrogens is 4. The van der Waals surface area contributed by atoms with E-state index in [9.17, 15) is 29.1 Å². The van der Waals surface area contributed by atoms with E-state index in [-0.39, 0.29) is 49.0 Å². The van der Waals surface area contributed by atoms with Crippen LogP contribution in [0.15, 0.2) is 60.2 Å². The van der Waals surface area contributed by atoms with Gasteiger partial charge in [-0.25, -0.2) is 19.9 Å². The molecule has 3 aromatic heterocycles. The van der Waals surface area contributed by atoms with Crippen molar-refractivity contribution in [2.75, 3.05) is 48.3 Å². The molecule has 3 atom stereocenters. The number of carbonyl (C=O) groups excluding carboxylic acids is 5. The number of aliphatic hydroxyl groups excluding tert-OH is 1. The molecule has 0 spiro atoms. The number of benzene rings is 2. The summed E-state index contributed by atoms with van der Waals surface area (Å²) in [6.45, 7) is 14.2. The Morgan fingerprint density at radius 3 is 2.22 bits per heavy atom. The van der Waals surface area contributed by atoms with Crippen molar-refractivity contribution in [3.05, 3.63) is 92.8 Å². The lowest BCUT2D eigenvalue weighted by atomic mass is 9.85. The number of para-hydroxylation sites is 1. The fraction of sp³-hybridized carbons (Fsp3) is 0.500. The summed E-state index contributed by atoms with van der Waals surface area (Å²) >= 11 is 9.09. The molecule has 2 fully saturated rings. The molecule has 0 radical (unpaired) electrons. The van der Waals surface area contributed by atoms with Crippen molar-refractivity contribution in [3.63, 3.8) is 0 Å². The van der Waals surface area contributed by atoms with Crippen molar-refractivity contribution in [2.45, 2.75) is 137 Å². The van der Waals surface area contributed by atoms with Gasteiger partial charge in [-0.3, -0.25) is 24.0 Å². The summed E-state index contributed by atoms with van der Waals surface area (Å²) in [5.41, 5.74) is 5.57. The number of anilines is 4. The minimum Gasteiger partial charge on any atom is -0.391 e. The Balaban J connectivity index is 0.748. The maximum absolute atomic E-state index is 14.0. The Hall–Kier alpha value is -6.02.